The Morgan fingerprint density at radius 1 is 1.32 bits per heavy atom. The Kier molecular flexibility index (Phi) is 4.52. The molecule has 0 bridgehead atoms. The highest BCUT2D eigenvalue weighted by molar-refractivity contribution is 6.42. The zero-order valence-electron chi connectivity index (χ0n) is 12.7. The quantitative estimate of drug-likeness (QED) is 0.704. The number of hydrogen-bond acceptors (Lipinski definition) is 1. The third kappa shape index (κ3) is 3.18. The van der Waals surface area contributed by atoms with E-state index < -0.39 is 0 Å². The van der Waals surface area contributed by atoms with E-state index in [0.717, 1.165) is 31.5 Å². The lowest BCUT2D eigenvalue weighted by Crippen LogP contribution is -2.49. The summed E-state index contributed by atoms with van der Waals surface area (Å²) in [5, 5.41) is 1.15. The number of piperidine rings is 1. The first-order valence-electron chi connectivity index (χ1n) is 7.88. The largest absolute Gasteiger partial charge is 0.342 e. The van der Waals surface area contributed by atoms with Crippen LogP contribution in [0.4, 0.5) is 0 Å². The normalized spacial score (nSPS) is 25.4. The number of hydrogen-bond donors (Lipinski definition) is 0. The molecule has 0 spiro atoms. The lowest BCUT2D eigenvalue weighted by atomic mass is 9.71. The van der Waals surface area contributed by atoms with E-state index >= 15 is 0 Å². The van der Waals surface area contributed by atoms with E-state index in [9.17, 15) is 4.79 Å². The SMILES string of the molecule is C=CC[C@]1(c2ccc(Cl)c(Cl)c2)CCC(=O)N(CC2CC2)C1. The van der Waals surface area contributed by atoms with Crippen molar-refractivity contribution in [2.75, 3.05) is 13.1 Å². The number of rotatable bonds is 5. The maximum atomic E-state index is 12.3. The summed E-state index contributed by atoms with van der Waals surface area (Å²) in [4.78, 5) is 14.3. The van der Waals surface area contributed by atoms with Gasteiger partial charge in [0.2, 0.25) is 5.91 Å². The van der Waals surface area contributed by atoms with E-state index in [-0.39, 0.29) is 11.3 Å². The van der Waals surface area contributed by atoms with Crippen molar-refractivity contribution in [1.29, 1.82) is 0 Å². The van der Waals surface area contributed by atoms with Crippen LogP contribution in [-0.2, 0) is 10.2 Å². The smallest absolute Gasteiger partial charge is 0.222 e. The average molecular weight is 338 g/mol. The van der Waals surface area contributed by atoms with E-state index in [1.165, 1.54) is 12.8 Å². The summed E-state index contributed by atoms with van der Waals surface area (Å²) in [6.45, 7) is 5.58. The molecule has 0 radical (unpaired) electrons. The first-order chi connectivity index (χ1) is 10.5. The molecule has 1 amide bonds. The van der Waals surface area contributed by atoms with Crippen LogP contribution in [0.2, 0.25) is 10.0 Å². The summed E-state index contributed by atoms with van der Waals surface area (Å²) in [6, 6.07) is 5.85. The summed E-state index contributed by atoms with van der Waals surface area (Å²) in [7, 11) is 0. The van der Waals surface area contributed by atoms with Gasteiger partial charge < -0.3 is 4.90 Å². The molecule has 2 nitrogen and oxygen atoms in total. The number of likely N-dealkylation sites (tertiary alicyclic amines) is 1. The second-order valence-corrected chi connectivity index (χ2v) is 7.43. The van der Waals surface area contributed by atoms with Crippen molar-refractivity contribution in [3.05, 3.63) is 46.5 Å². The van der Waals surface area contributed by atoms with Gasteiger partial charge in [0.05, 0.1) is 10.0 Å². The number of benzene rings is 1. The van der Waals surface area contributed by atoms with Crippen LogP contribution in [0, 0.1) is 5.92 Å². The maximum absolute atomic E-state index is 12.3. The molecule has 1 heterocycles. The highest BCUT2D eigenvalue weighted by Crippen LogP contribution is 2.41. The molecule has 1 aliphatic heterocycles. The number of carbonyl (C=O) groups excluding carboxylic acids is 1. The molecule has 4 heteroatoms. The van der Waals surface area contributed by atoms with E-state index in [1.54, 1.807) is 0 Å². The zero-order chi connectivity index (χ0) is 15.7. The molecule has 0 aromatic heterocycles. The fourth-order valence-corrected chi connectivity index (χ4v) is 3.74. The van der Waals surface area contributed by atoms with Crippen LogP contribution in [0.5, 0.6) is 0 Å². The van der Waals surface area contributed by atoms with Crippen molar-refractivity contribution < 1.29 is 4.79 Å². The van der Waals surface area contributed by atoms with Crippen LogP contribution in [-0.4, -0.2) is 23.9 Å². The molecule has 2 aliphatic rings. The second kappa shape index (κ2) is 6.25. The molecular weight excluding hydrogens is 317 g/mol. The van der Waals surface area contributed by atoms with Gasteiger partial charge >= 0.3 is 0 Å². The van der Waals surface area contributed by atoms with Crippen molar-refractivity contribution in [1.82, 2.24) is 4.90 Å². The average Bonchev–Trinajstić information content (AvgIpc) is 3.30. The van der Waals surface area contributed by atoms with Gasteiger partial charge in [0.15, 0.2) is 0 Å². The van der Waals surface area contributed by atoms with Gasteiger partial charge in [0.25, 0.3) is 0 Å². The van der Waals surface area contributed by atoms with Crippen molar-refractivity contribution in [2.24, 2.45) is 5.92 Å². The molecule has 0 unspecified atom stereocenters. The predicted octanol–water partition coefficient (Wildman–Crippen LogP) is 4.84. The number of carbonyl (C=O) groups is 1. The van der Waals surface area contributed by atoms with E-state index in [0.29, 0.717) is 22.4 Å². The Labute approximate surface area is 142 Å². The van der Waals surface area contributed by atoms with Crippen LogP contribution in [0.1, 0.15) is 37.7 Å². The maximum Gasteiger partial charge on any atom is 0.222 e. The summed E-state index contributed by atoms with van der Waals surface area (Å²) >= 11 is 12.3. The van der Waals surface area contributed by atoms with Crippen LogP contribution in [0.25, 0.3) is 0 Å². The number of allylic oxidation sites excluding steroid dienone is 1. The predicted molar refractivity (Wildman–Crippen MR) is 91.5 cm³/mol. The highest BCUT2D eigenvalue weighted by Gasteiger charge is 2.40. The molecule has 1 aromatic carbocycles. The van der Waals surface area contributed by atoms with Crippen molar-refractivity contribution in [3.8, 4) is 0 Å². The topological polar surface area (TPSA) is 20.3 Å². The minimum atomic E-state index is -0.0845. The number of amides is 1. The third-order valence-corrected chi connectivity index (χ3v) is 5.65. The van der Waals surface area contributed by atoms with Gasteiger partial charge in [0, 0.05) is 24.9 Å². The highest BCUT2D eigenvalue weighted by atomic mass is 35.5. The summed E-state index contributed by atoms with van der Waals surface area (Å²) < 4.78 is 0. The van der Waals surface area contributed by atoms with Crippen LogP contribution >= 0.6 is 23.2 Å². The van der Waals surface area contributed by atoms with Crippen LogP contribution < -0.4 is 0 Å². The van der Waals surface area contributed by atoms with Crippen molar-refractivity contribution in [3.63, 3.8) is 0 Å². The number of nitrogens with zero attached hydrogens (tertiary/aromatic N) is 1. The van der Waals surface area contributed by atoms with Gasteiger partial charge in [-0.3, -0.25) is 4.79 Å². The van der Waals surface area contributed by atoms with Gasteiger partial charge in [0.1, 0.15) is 0 Å². The lowest BCUT2D eigenvalue weighted by molar-refractivity contribution is -0.135. The summed E-state index contributed by atoms with van der Waals surface area (Å²) in [5.74, 6) is 0.990. The zero-order valence-corrected chi connectivity index (χ0v) is 14.2. The second-order valence-electron chi connectivity index (χ2n) is 6.62. The van der Waals surface area contributed by atoms with Gasteiger partial charge in [-0.1, -0.05) is 35.3 Å². The van der Waals surface area contributed by atoms with Crippen molar-refractivity contribution in [2.45, 2.75) is 37.5 Å². The van der Waals surface area contributed by atoms with E-state index in [1.807, 2.05) is 29.2 Å². The fraction of sp³-hybridized carbons (Fsp3) is 0.500. The Morgan fingerprint density at radius 3 is 2.73 bits per heavy atom. The van der Waals surface area contributed by atoms with Crippen LogP contribution in [0.15, 0.2) is 30.9 Å². The lowest BCUT2D eigenvalue weighted by Gasteiger charge is -2.43. The first kappa shape index (κ1) is 15.9. The standard InChI is InChI=1S/C18H21Cl2NO/c1-2-8-18(14-5-6-15(19)16(20)10-14)9-7-17(22)21(12-18)11-13-3-4-13/h2,5-6,10,13H,1,3-4,7-9,11-12H2/t18-/m0/s1. The molecule has 1 atom stereocenters. The Morgan fingerprint density at radius 2 is 2.09 bits per heavy atom. The minimum absolute atomic E-state index is 0.0845. The molecule has 0 N–H and O–H groups in total. The third-order valence-electron chi connectivity index (χ3n) is 4.91. The molecule has 22 heavy (non-hydrogen) atoms. The molecule has 1 saturated heterocycles. The molecular formula is C18H21Cl2NO. The monoisotopic (exact) mass is 337 g/mol. The van der Waals surface area contributed by atoms with E-state index in [4.69, 9.17) is 23.2 Å². The number of halogens is 2. The molecule has 1 saturated carbocycles. The Hall–Kier alpha value is -0.990. The Bertz CT molecular complexity index is 597. The minimum Gasteiger partial charge on any atom is -0.342 e. The van der Waals surface area contributed by atoms with Gasteiger partial charge in [-0.25, -0.2) is 0 Å². The van der Waals surface area contributed by atoms with Gasteiger partial charge in [-0.15, -0.1) is 6.58 Å². The van der Waals surface area contributed by atoms with Gasteiger partial charge in [-0.05, 0) is 49.3 Å². The fourth-order valence-electron chi connectivity index (χ4n) is 3.44. The van der Waals surface area contributed by atoms with E-state index in [2.05, 4.69) is 6.58 Å². The summed E-state index contributed by atoms with van der Waals surface area (Å²) in [6.07, 6.45) is 6.75. The summed E-state index contributed by atoms with van der Waals surface area (Å²) in [5.41, 5.74) is 1.08. The Balaban J connectivity index is 1.90. The van der Waals surface area contributed by atoms with Crippen LogP contribution in [0.3, 0.4) is 0 Å². The van der Waals surface area contributed by atoms with Gasteiger partial charge in [-0.2, -0.15) is 0 Å². The molecule has 1 aromatic rings. The first-order valence-corrected chi connectivity index (χ1v) is 8.64. The van der Waals surface area contributed by atoms with Crippen molar-refractivity contribution >= 4 is 29.1 Å². The molecule has 2 fully saturated rings. The molecule has 1 aliphatic carbocycles. The molecule has 118 valence electrons. The molecule has 3 rings (SSSR count).